The first-order valence-electron chi connectivity index (χ1n) is 5.65. The molecule has 2 nitrogen and oxygen atoms in total. The summed E-state index contributed by atoms with van der Waals surface area (Å²) in [6.07, 6.45) is 2.64. The molecule has 0 radical (unpaired) electrons. The Labute approximate surface area is 94.3 Å². The fourth-order valence-electron chi connectivity index (χ4n) is 2.11. The maximum absolute atomic E-state index is 12.4. The lowest BCUT2D eigenvalue weighted by Crippen LogP contribution is -2.35. The minimum atomic E-state index is -2.15. The highest BCUT2D eigenvalue weighted by molar-refractivity contribution is 5.08. The van der Waals surface area contributed by atoms with Crippen molar-refractivity contribution in [3.63, 3.8) is 0 Å². The van der Waals surface area contributed by atoms with Crippen molar-refractivity contribution in [1.82, 2.24) is 9.88 Å². The molecule has 0 bridgehead atoms. The minimum absolute atomic E-state index is 0.398. The van der Waals surface area contributed by atoms with Gasteiger partial charge in [-0.1, -0.05) is 6.07 Å². The standard InChI is InChI=1S/C12H16F2N2/c13-12(14)11-3-6-16(7-4-11)9-10-2-1-5-15-8-10/h1-2,5,8,11-12H,3-4,6-7,9H2. The average molecular weight is 226 g/mol. The van der Waals surface area contributed by atoms with Crippen molar-refractivity contribution in [2.45, 2.75) is 25.8 Å². The lowest BCUT2D eigenvalue weighted by Gasteiger charge is -2.31. The number of nitrogens with zero attached hydrogens (tertiary/aromatic N) is 2. The Morgan fingerprint density at radius 1 is 1.38 bits per heavy atom. The van der Waals surface area contributed by atoms with E-state index in [4.69, 9.17) is 0 Å². The van der Waals surface area contributed by atoms with E-state index in [1.54, 1.807) is 6.20 Å². The third-order valence-corrected chi connectivity index (χ3v) is 3.12. The van der Waals surface area contributed by atoms with E-state index in [2.05, 4.69) is 9.88 Å². The summed E-state index contributed by atoms with van der Waals surface area (Å²) in [7, 11) is 0. The zero-order valence-corrected chi connectivity index (χ0v) is 9.15. The van der Waals surface area contributed by atoms with E-state index in [-0.39, 0.29) is 0 Å². The van der Waals surface area contributed by atoms with E-state index >= 15 is 0 Å². The molecule has 1 saturated heterocycles. The molecule has 1 aromatic rings. The molecule has 0 unspecified atom stereocenters. The van der Waals surface area contributed by atoms with Crippen LogP contribution in [0.2, 0.25) is 0 Å². The van der Waals surface area contributed by atoms with Gasteiger partial charge in [0.2, 0.25) is 6.43 Å². The van der Waals surface area contributed by atoms with Gasteiger partial charge in [0, 0.05) is 24.9 Å². The van der Waals surface area contributed by atoms with Gasteiger partial charge in [-0.3, -0.25) is 9.88 Å². The number of rotatable bonds is 3. The topological polar surface area (TPSA) is 16.1 Å². The highest BCUT2D eigenvalue weighted by Gasteiger charge is 2.25. The normalized spacial score (nSPS) is 19.2. The molecular weight excluding hydrogens is 210 g/mol. The highest BCUT2D eigenvalue weighted by Crippen LogP contribution is 2.24. The van der Waals surface area contributed by atoms with Crippen LogP contribution < -0.4 is 0 Å². The number of hydrogen-bond acceptors (Lipinski definition) is 2. The lowest BCUT2D eigenvalue weighted by atomic mass is 9.97. The number of hydrogen-bond donors (Lipinski definition) is 0. The molecule has 1 fully saturated rings. The highest BCUT2D eigenvalue weighted by atomic mass is 19.3. The summed E-state index contributed by atoms with van der Waals surface area (Å²) in [5.74, 6) is -0.398. The molecule has 2 heterocycles. The minimum Gasteiger partial charge on any atom is -0.299 e. The van der Waals surface area contributed by atoms with E-state index in [1.165, 1.54) is 0 Å². The fourth-order valence-corrected chi connectivity index (χ4v) is 2.11. The van der Waals surface area contributed by atoms with Crippen molar-refractivity contribution in [2.75, 3.05) is 13.1 Å². The second-order valence-electron chi connectivity index (χ2n) is 4.31. The van der Waals surface area contributed by atoms with E-state index in [1.807, 2.05) is 18.3 Å². The zero-order valence-electron chi connectivity index (χ0n) is 9.15. The largest absolute Gasteiger partial charge is 0.299 e. The first kappa shape index (κ1) is 11.5. The predicted molar refractivity (Wildman–Crippen MR) is 58.2 cm³/mol. The molecule has 4 heteroatoms. The lowest BCUT2D eigenvalue weighted by molar-refractivity contribution is 0.0335. The first-order valence-corrected chi connectivity index (χ1v) is 5.65. The number of aromatic nitrogens is 1. The predicted octanol–water partition coefficient (Wildman–Crippen LogP) is 2.56. The van der Waals surface area contributed by atoms with Crippen LogP contribution in [-0.4, -0.2) is 29.4 Å². The molecule has 1 aliphatic rings. The van der Waals surface area contributed by atoms with Gasteiger partial charge in [0.1, 0.15) is 0 Å². The second-order valence-corrected chi connectivity index (χ2v) is 4.31. The smallest absolute Gasteiger partial charge is 0.241 e. The monoisotopic (exact) mass is 226 g/mol. The number of likely N-dealkylation sites (tertiary alicyclic amines) is 1. The van der Waals surface area contributed by atoms with Crippen molar-refractivity contribution in [2.24, 2.45) is 5.92 Å². The van der Waals surface area contributed by atoms with Gasteiger partial charge in [-0.25, -0.2) is 8.78 Å². The van der Waals surface area contributed by atoms with Crippen LogP contribution in [0, 0.1) is 5.92 Å². The molecule has 1 aliphatic heterocycles. The molecular formula is C12H16F2N2. The van der Waals surface area contributed by atoms with Crippen LogP contribution in [-0.2, 0) is 6.54 Å². The number of alkyl halides is 2. The van der Waals surface area contributed by atoms with Crippen LogP contribution >= 0.6 is 0 Å². The second kappa shape index (κ2) is 5.34. The Bertz CT molecular complexity index is 308. The fraction of sp³-hybridized carbons (Fsp3) is 0.583. The van der Waals surface area contributed by atoms with Crippen molar-refractivity contribution in [3.05, 3.63) is 30.1 Å². The maximum atomic E-state index is 12.4. The van der Waals surface area contributed by atoms with Crippen LogP contribution in [0.25, 0.3) is 0 Å². The van der Waals surface area contributed by atoms with Gasteiger partial charge in [0.05, 0.1) is 0 Å². The number of pyridine rings is 1. The Morgan fingerprint density at radius 3 is 2.69 bits per heavy atom. The van der Waals surface area contributed by atoms with E-state index in [0.29, 0.717) is 12.8 Å². The molecule has 0 amide bonds. The van der Waals surface area contributed by atoms with E-state index in [9.17, 15) is 8.78 Å². The van der Waals surface area contributed by atoms with Crippen LogP contribution in [0.1, 0.15) is 18.4 Å². The molecule has 88 valence electrons. The van der Waals surface area contributed by atoms with Crippen molar-refractivity contribution < 1.29 is 8.78 Å². The zero-order chi connectivity index (χ0) is 11.4. The molecule has 0 atom stereocenters. The summed E-state index contributed by atoms with van der Waals surface area (Å²) in [5.41, 5.74) is 1.15. The quantitative estimate of drug-likeness (QED) is 0.787. The molecule has 1 aromatic heterocycles. The third-order valence-electron chi connectivity index (χ3n) is 3.12. The maximum Gasteiger partial charge on any atom is 0.241 e. The van der Waals surface area contributed by atoms with Gasteiger partial charge >= 0.3 is 0 Å². The van der Waals surface area contributed by atoms with Crippen molar-refractivity contribution >= 4 is 0 Å². The molecule has 0 spiro atoms. The summed E-state index contributed by atoms with van der Waals surface area (Å²) in [6, 6.07) is 3.92. The SMILES string of the molecule is FC(F)C1CCN(Cc2cccnc2)CC1. The molecule has 2 rings (SSSR count). The Balaban J connectivity index is 1.82. The molecule has 0 saturated carbocycles. The van der Waals surface area contributed by atoms with Gasteiger partial charge < -0.3 is 0 Å². The summed E-state index contributed by atoms with van der Waals surface area (Å²) in [4.78, 5) is 6.26. The average Bonchev–Trinajstić information content (AvgIpc) is 2.31. The van der Waals surface area contributed by atoms with Crippen molar-refractivity contribution in [1.29, 1.82) is 0 Å². The van der Waals surface area contributed by atoms with Crippen LogP contribution in [0.15, 0.2) is 24.5 Å². The molecule has 0 N–H and O–H groups in total. The van der Waals surface area contributed by atoms with Crippen LogP contribution in [0.5, 0.6) is 0 Å². The summed E-state index contributed by atoms with van der Waals surface area (Å²) >= 11 is 0. The van der Waals surface area contributed by atoms with E-state index in [0.717, 1.165) is 25.2 Å². The van der Waals surface area contributed by atoms with Gasteiger partial charge in [-0.15, -0.1) is 0 Å². The molecule has 16 heavy (non-hydrogen) atoms. The van der Waals surface area contributed by atoms with Gasteiger partial charge in [-0.2, -0.15) is 0 Å². The number of halogens is 2. The first-order chi connectivity index (χ1) is 7.75. The van der Waals surface area contributed by atoms with Gasteiger partial charge in [0.25, 0.3) is 0 Å². The van der Waals surface area contributed by atoms with Crippen LogP contribution in [0.3, 0.4) is 0 Å². The Kier molecular flexibility index (Phi) is 3.83. The van der Waals surface area contributed by atoms with Gasteiger partial charge in [-0.05, 0) is 37.6 Å². The summed E-state index contributed by atoms with van der Waals surface area (Å²) < 4.78 is 24.9. The molecule has 0 aromatic carbocycles. The van der Waals surface area contributed by atoms with E-state index < -0.39 is 12.3 Å². The van der Waals surface area contributed by atoms with Gasteiger partial charge in [0.15, 0.2) is 0 Å². The van der Waals surface area contributed by atoms with Crippen molar-refractivity contribution in [3.8, 4) is 0 Å². The summed E-state index contributed by atoms with van der Waals surface area (Å²) in [5, 5.41) is 0. The number of piperidine rings is 1. The van der Waals surface area contributed by atoms with Crippen LogP contribution in [0.4, 0.5) is 8.78 Å². The summed E-state index contributed by atoms with van der Waals surface area (Å²) in [6.45, 7) is 2.36. The Hall–Kier alpha value is -1.03. The molecule has 0 aliphatic carbocycles. The Morgan fingerprint density at radius 2 is 2.12 bits per heavy atom. The third kappa shape index (κ3) is 2.98.